The molecular weight excluding hydrogens is 213 g/mol. The van der Waals surface area contributed by atoms with Crippen LogP contribution in [-0.4, -0.2) is 15.9 Å². The number of alkyl halides is 3. The van der Waals surface area contributed by atoms with Crippen molar-refractivity contribution in [3.05, 3.63) is 11.7 Å². The third kappa shape index (κ3) is 3.34. The Hall–Kier alpha value is -1.40. The number of rotatable bonds is 4. The summed E-state index contributed by atoms with van der Waals surface area (Å²) in [5.74, 6) is -1.85. The number of halogens is 3. The molecule has 0 saturated heterocycles. The summed E-state index contributed by atoms with van der Waals surface area (Å²) in [6.45, 7) is 1.80. The van der Waals surface area contributed by atoms with Gasteiger partial charge in [-0.15, -0.1) is 0 Å². The van der Waals surface area contributed by atoms with Gasteiger partial charge in [-0.3, -0.25) is 4.79 Å². The van der Waals surface area contributed by atoms with Crippen LogP contribution < -0.4 is 0 Å². The molecule has 0 spiro atoms. The molecule has 0 amide bonds. The first-order valence-corrected chi connectivity index (χ1v) is 4.35. The van der Waals surface area contributed by atoms with E-state index >= 15 is 0 Å². The van der Waals surface area contributed by atoms with E-state index < -0.39 is 12.0 Å². The van der Waals surface area contributed by atoms with Crippen LogP contribution in [0.25, 0.3) is 0 Å². The maximum atomic E-state index is 12.0. The third-order valence-corrected chi connectivity index (χ3v) is 1.60. The van der Waals surface area contributed by atoms with Gasteiger partial charge in [0.25, 0.3) is 5.82 Å². The molecule has 1 aromatic heterocycles. The fraction of sp³-hybridized carbons (Fsp3) is 0.625. The Morgan fingerprint density at radius 2 is 2.13 bits per heavy atom. The van der Waals surface area contributed by atoms with Gasteiger partial charge in [-0.25, -0.2) is 0 Å². The van der Waals surface area contributed by atoms with Crippen LogP contribution >= 0.6 is 0 Å². The van der Waals surface area contributed by atoms with E-state index in [9.17, 15) is 18.0 Å². The lowest BCUT2D eigenvalue weighted by atomic mass is 10.2. The normalized spacial score (nSPS) is 11.7. The van der Waals surface area contributed by atoms with Gasteiger partial charge in [0.15, 0.2) is 0 Å². The van der Waals surface area contributed by atoms with Gasteiger partial charge in [0, 0.05) is 6.42 Å². The van der Waals surface area contributed by atoms with Gasteiger partial charge in [0.05, 0.1) is 6.42 Å². The molecule has 84 valence electrons. The fourth-order valence-electron chi connectivity index (χ4n) is 0.978. The van der Waals surface area contributed by atoms with Crippen LogP contribution in [0.1, 0.15) is 31.5 Å². The molecule has 1 aromatic rings. The molecule has 0 unspecified atom stereocenters. The molecule has 0 saturated carbocycles. The summed E-state index contributed by atoms with van der Waals surface area (Å²) in [5.41, 5.74) is 0. The third-order valence-electron chi connectivity index (χ3n) is 1.60. The lowest BCUT2D eigenvalue weighted by molar-refractivity contribution is -0.146. The second-order valence-corrected chi connectivity index (χ2v) is 2.97. The Kier molecular flexibility index (Phi) is 3.43. The maximum Gasteiger partial charge on any atom is 0.455 e. The molecule has 0 radical (unpaired) electrons. The van der Waals surface area contributed by atoms with E-state index in [4.69, 9.17) is 0 Å². The topological polar surface area (TPSA) is 56.0 Å². The molecule has 0 aliphatic heterocycles. The van der Waals surface area contributed by atoms with Crippen LogP contribution in [0.5, 0.6) is 0 Å². The molecule has 0 fully saturated rings. The summed E-state index contributed by atoms with van der Waals surface area (Å²) in [6, 6.07) is 0. The largest absolute Gasteiger partial charge is 0.455 e. The highest BCUT2D eigenvalue weighted by molar-refractivity contribution is 5.79. The van der Waals surface area contributed by atoms with E-state index in [2.05, 4.69) is 14.7 Å². The van der Waals surface area contributed by atoms with Crippen LogP contribution in [-0.2, 0) is 17.4 Å². The molecule has 0 aliphatic rings. The van der Waals surface area contributed by atoms with Crippen molar-refractivity contribution in [2.45, 2.75) is 32.4 Å². The molecule has 0 atom stereocenters. The molecule has 15 heavy (non-hydrogen) atoms. The van der Waals surface area contributed by atoms with Crippen LogP contribution in [0.3, 0.4) is 0 Å². The minimum absolute atomic E-state index is 0.213. The average molecular weight is 222 g/mol. The Labute approximate surface area is 83.5 Å². The van der Waals surface area contributed by atoms with Crippen molar-refractivity contribution in [1.29, 1.82) is 0 Å². The molecule has 0 N–H and O–H groups in total. The number of hydrogen-bond donors (Lipinski definition) is 0. The second kappa shape index (κ2) is 4.41. The number of aromatic nitrogens is 2. The summed E-state index contributed by atoms with van der Waals surface area (Å²) in [5, 5.41) is 2.74. The first-order chi connectivity index (χ1) is 6.93. The Balaban J connectivity index is 2.65. The van der Waals surface area contributed by atoms with Gasteiger partial charge in [0.1, 0.15) is 5.78 Å². The predicted octanol–water partition coefficient (Wildman–Crippen LogP) is 2.00. The van der Waals surface area contributed by atoms with Crippen molar-refractivity contribution < 1.29 is 22.5 Å². The quantitative estimate of drug-likeness (QED) is 0.781. The number of carbonyl (C=O) groups excluding carboxylic acids is 1. The first kappa shape index (κ1) is 11.7. The van der Waals surface area contributed by atoms with Gasteiger partial charge < -0.3 is 4.52 Å². The van der Waals surface area contributed by atoms with Crippen molar-refractivity contribution in [2.75, 3.05) is 0 Å². The SMILES string of the molecule is CCCC(=O)Cc1nc(C(F)(F)F)no1. The number of Topliss-reactive ketones (excluding diaryl/α,β-unsaturated/α-hetero) is 1. The molecule has 4 nitrogen and oxygen atoms in total. The van der Waals surface area contributed by atoms with E-state index in [1.54, 1.807) is 6.92 Å². The van der Waals surface area contributed by atoms with Crippen molar-refractivity contribution in [3.8, 4) is 0 Å². The smallest absolute Gasteiger partial charge is 0.339 e. The molecule has 0 aromatic carbocycles. The monoisotopic (exact) mass is 222 g/mol. The number of carbonyl (C=O) groups is 1. The number of nitrogens with zero attached hydrogens (tertiary/aromatic N) is 2. The van der Waals surface area contributed by atoms with Crippen molar-refractivity contribution in [2.24, 2.45) is 0 Å². The zero-order chi connectivity index (χ0) is 11.5. The van der Waals surface area contributed by atoms with E-state index in [0.717, 1.165) is 0 Å². The number of ketones is 1. The Morgan fingerprint density at radius 3 is 2.60 bits per heavy atom. The van der Waals surface area contributed by atoms with Crippen LogP contribution in [0.4, 0.5) is 13.2 Å². The molecule has 1 rings (SSSR count). The highest BCUT2D eigenvalue weighted by Gasteiger charge is 2.37. The average Bonchev–Trinajstić information content (AvgIpc) is 2.52. The van der Waals surface area contributed by atoms with Crippen molar-refractivity contribution >= 4 is 5.78 Å². The van der Waals surface area contributed by atoms with Crippen LogP contribution in [0.15, 0.2) is 4.52 Å². The highest BCUT2D eigenvalue weighted by atomic mass is 19.4. The summed E-state index contributed by atoms with van der Waals surface area (Å²) >= 11 is 0. The lowest BCUT2D eigenvalue weighted by Gasteiger charge is -1.96. The van der Waals surface area contributed by atoms with Crippen molar-refractivity contribution in [1.82, 2.24) is 10.1 Å². The van der Waals surface area contributed by atoms with Gasteiger partial charge >= 0.3 is 6.18 Å². The highest BCUT2D eigenvalue weighted by Crippen LogP contribution is 2.26. The maximum absolute atomic E-state index is 12.0. The zero-order valence-electron chi connectivity index (χ0n) is 7.97. The minimum Gasteiger partial charge on any atom is -0.339 e. The number of hydrogen-bond acceptors (Lipinski definition) is 4. The fourth-order valence-corrected chi connectivity index (χ4v) is 0.978. The van der Waals surface area contributed by atoms with Gasteiger partial charge in [-0.1, -0.05) is 12.1 Å². The molecule has 7 heteroatoms. The summed E-state index contributed by atoms with van der Waals surface area (Å²) in [7, 11) is 0. The van der Waals surface area contributed by atoms with Gasteiger partial charge in [0.2, 0.25) is 5.89 Å². The summed E-state index contributed by atoms with van der Waals surface area (Å²) < 4.78 is 40.4. The molecular formula is C8H9F3N2O2. The van der Waals surface area contributed by atoms with Crippen LogP contribution in [0.2, 0.25) is 0 Å². The van der Waals surface area contributed by atoms with Crippen LogP contribution in [0, 0.1) is 0 Å². The molecule has 1 heterocycles. The minimum atomic E-state index is -4.63. The summed E-state index contributed by atoms with van der Waals surface area (Å²) in [4.78, 5) is 14.1. The summed E-state index contributed by atoms with van der Waals surface area (Å²) in [6.07, 6.45) is -3.94. The first-order valence-electron chi connectivity index (χ1n) is 4.35. The standard InChI is InChI=1S/C8H9F3N2O2/c1-2-3-5(14)4-6-12-7(13-15-6)8(9,10)11/h2-4H2,1H3. The van der Waals surface area contributed by atoms with E-state index in [-0.39, 0.29) is 18.1 Å². The zero-order valence-corrected chi connectivity index (χ0v) is 7.97. The van der Waals surface area contributed by atoms with Crippen molar-refractivity contribution in [3.63, 3.8) is 0 Å². The van der Waals surface area contributed by atoms with E-state index in [1.165, 1.54) is 0 Å². The Bertz CT molecular complexity index is 346. The van der Waals surface area contributed by atoms with E-state index in [0.29, 0.717) is 12.8 Å². The van der Waals surface area contributed by atoms with Gasteiger partial charge in [-0.2, -0.15) is 18.2 Å². The van der Waals surface area contributed by atoms with Gasteiger partial charge in [-0.05, 0) is 6.42 Å². The molecule has 0 bridgehead atoms. The predicted molar refractivity (Wildman–Crippen MR) is 42.9 cm³/mol. The Morgan fingerprint density at radius 1 is 1.47 bits per heavy atom. The molecule has 0 aliphatic carbocycles. The lowest BCUT2D eigenvalue weighted by Crippen LogP contribution is -2.08. The second-order valence-electron chi connectivity index (χ2n) is 2.97. The van der Waals surface area contributed by atoms with E-state index in [1.807, 2.05) is 0 Å².